The molecule has 0 spiro atoms. The molecule has 0 aromatic heterocycles. The number of piperidine rings is 1. The fourth-order valence-electron chi connectivity index (χ4n) is 2.22. The Morgan fingerprint density at radius 1 is 1.46 bits per heavy atom. The van der Waals surface area contributed by atoms with Crippen LogP contribution in [-0.4, -0.2) is 38.1 Å². The van der Waals surface area contributed by atoms with Gasteiger partial charge in [0.25, 0.3) is 0 Å². The lowest BCUT2D eigenvalue weighted by molar-refractivity contribution is 0.225. The first kappa shape index (κ1) is 11.0. The second kappa shape index (κ2) is 5.61. The number of nitrogens with one attached hydrogen (secondary N) is 1. The van der Waals surface area contributed by atoms with Gasteiger partial charge >= 0.3 is 0 Å². The Morgan fingerprint density at radius 3 is 2.77 bits per heavy atom. The molecule has 13 heavy (non-hydrogen) atoms. The molecule has 0 amide bonds. The maximum Gasteiger partial charge on any atom is 0.00189 e. The van der Waals surface area contributed by atoms with E-state index in [1.807, 2.05) is 0 Å². The second-order valence-corrected chi connectivity index (χ2v) is 4.83. The van der Waals surface area contributed by atoms with Crippen LogP contribution in [0, 0.1) is 11.8 Å². The average molecular weight is 184 g/mol. The highest BCUT2D eigenvalue weighted by Crippen LogP contribution is 2.11. The summed E-state index contributed by atoms with van der Waals surface area (Å²) in [4.78, 5) is 2.47. The summed E-state index contributed by atoms with van der Waals surface area (Å²) in [5.74, 6) is 1.68. The Labute approximate surface area is 82.7 Å². The van der Waals surface area contributed by atoms with Crippen molar-refractivity contribution in [1.29, 1.82) is 0 Å². The summed E-state index contributed by atoms with van der Waals surface area (Å²) in [7, 11) is 2.24. The SMILES string of the molecule is CC(C)CN(C)CC1CCCNC1. The lowest BCUT2D eigenvalue weighted by Gasteiger charge is -2.28. The molecule has 0 radical (unpaired) electrons. The third-order valence-corrected chi connectivity index (χ3v) is 2.65. The summed E-state index contributed by atoms with van der Waals surface area (Å²) in [5, 5.41) is 3.47. The summed E-state index contributed by atoms with van der Waals surface area (Å²) >= 11 is 0. The first-order valence-corrected chi connectivity index (χ1v) is 5.57. The molecule has 1 fully saturated rings. The predicted octanol–water partition coefficient (Wildman–Crippen LogP) is 1.57. The van der Waals surface area contributed by atoms with Crippen LogP contribution in [-0.2, 0) is 0 Å². The molecule has 1 aliphatic heterocycles. The van der Waals surface area contributed by atoms with Crippen molar-refractivity contribution in [3.8, 4) is 0 Å². The van der Waals surface area contributed by atoms with E-state index in [-0.39, 0.29) is 0 Å². The Bertz CT molecular complexity index is 128. The zero-order chi connectivity index (χ0) is 9.68. The van der Waals surface area contributed by atoms with E-state index in [9.17, 15) is 0 Å². The van der Waals surface area contributed by atoms with Gasteiger partial charge in [-0.3, -0.25) is 0 Å². The molecule has 1 aliphatic rings. The van der Waals surface area contributed by atoms with Crippen LogP contribution >= 0.6 is 0 Å². The zero-order valence-corrected chi connectivity index (χ0v) is 9.34. The van der Waals surface area contributed by atoms with Gasteiger partial charge in [-0.05, 0) is 44.8 Å². The van der Waals surface area contributed by atoms with E-state index in [0.29, 0.717) is 0 Å². The summed E-state index contributed by atoms with van der Waals surface area (Å²) in [6, 6.07) is 0. The lowest BCUT2D eigenvalue weighted by Crippen LogP contribution is -2.37. The summed E-state index contributed by atoms with van der Waals surface area (Å²) in [6.07, 6.45) is 2.77. The normalized spacial score (nSPS) is 24.2. The molecule has 0 aromatic carbocycles. The molecule has 1 rings (SSSR count). The van der Waals surface area contributed by atoms with Gasteiger partial charge in [0.1, 0.15) is 0 Å². The van der Waals surface area contributed by atoms with Crippen LogP contribution in [0.2, 0.25) is 0 Å². The predicted molar refractivity (Wildman–Crippen MR) is 57.9 cm³/mol. The van der Waals surface area contributed by atoms with E-state index < -0.39 is 0 Å². The molecule has 0 bridgehead atoms. The third kappa shape index (κ3) is 4.63. The van der Waals surface area contributed by atoms with Gasteiger partial charge in [0.2, 0.25) is 0 Å². The molecule has 1 N–H and O–H groups in total. The lowest BCUT2D eigenvalue weighted by atomic mass is 9.99. The molecule has 1 heterocycles. The van der Waals surface area contributed by atoms with E-state index in [4.69, 9.17) is 0 Å². The topological polar surface area (TPSA) is 15.3 Å². The minimum Gasteiger partial charge on any atom is -0.316 e. The van der Waals surface area contributed by atoms with Gasteiger partial charge in [-0.15, -0.1) is 0 Å². The van der Waals surface area contributed by atoms with Gasteiger partial charge in [0.15, 0.2) is 0 Å². The highest BCUT2D eigenvalue weighted by atomic mass is 15.1. The summed E-state index contributed by atoms with van der Waals surface area (Å²) in [5.41, 5.74) is 0. The quantitative estimate of drug-likeness (QED) is 0.713. The third-order valence-electron chi connectivity index (χ3n) is 2.65. The Balaban J connectivity index is 2.14. The van der Waals surface area contributed by atoms with E-state index in [1.54, 1.807) is 0 Å². The fraction of sp³-hybridized carbons (Fsp3) is 1.00. The fourth-order valence-corrected chi connectivity index (χ4v) is 2.22. The second-order valence-electron chi connectivity index (χ2n) is 4.83. The number of nitrogens with zero attached hydrogens (tertiary/aromatic N) is 1. The molecule has 2 heteroatoms. The van der Waals surface area contributed by atoms with Gasteiger partial charge < -0.3 is 10.2 Å². The summed E-state index contributed by atoms with van der Waals surface area (Å²) in [6.45, 7) is 9.53. The van der Waals surface area contributed by atoms with Crippen LogP contribution in [0.4, 0.5) is 0 Å². The molecular weight excluding hydrogens is 160 g/mol. The molecular formula is C11H24N2. The van der Waals surface area contributed by atoms with Crippen molar-refractivity contribution >= 4 is 0 Å². The molecule has 2 nitrogen and oxygen atoms in total. The van der Waals surface area contributed by atoms with Crippen LogP contribution in [0.3, 0.4) is 0 Å². The largest absolute Gasteiger partial charge is 0.316 e. The molecule has 1 unspecified atom stereocenters. The van der Waals surface area contributed by atoms with Gasteiger partial charge in [-0.1, -0.05) is 13.8 Å². The highest BCUT2D eigenvalue weighted by Gasteiger charge is 2.14. The van der Waals surface area contributed by atoms with E-state index in [2.05, 4.69) is 31.1 Å². The molecule has 0 aromatic rings. The van der Waals surface area contributed by atoms with Crippen LogP contribution in [0.25, 0.3) is 0 Å². The molecule has 1 saturated heterocycles. The van der Waals surface area contributed by atoms with E-state index in [1.165, 1.54) is 39.0 Å². The minimum absolute atomic E-state index is 0.793. The average Bonchev–Trinajstić information content (AvgIpc) is 2.04. The van der Waals surface area contributed by atoms with Crippen molar-refractivity contribution in [2.24, 2.45) is 11.8 Å². The maximum absolute atomic E-state index is 3.47. The highest BCUT2D eigenvalue weighted by molar-refractivity contribution is 4.71. The van der Waals surface area contributed by atoms with Crippen LogP contribution in [0.1, 0.15) is 26.7 Å². The van der Waals surface area contributed by atoms with Gasteiger partial charge in [0, 0.05) is 13.1 Å². The monoisotopic (exact) mass is 184 g/mol. The van der Waals surface area contributed by atoms with Crippen molar-refractivity contribution < 1.29 is 0 Å². The Morgan fingerprint density at radius 2 is 2.23 bits per heavy atom. The van der Waals surface area contributed by atoms with Crippen molar-refractivity contribution in [1.82, 2.24) is 10.2 Å². The van der Waals surface area contributed by atoms with E-state index in [0.717, 1.165) is 11.8 Å². The zero-order valence-electron chi connectivity index (χ0n) is 9.34. The van der Waals surface area contributed by atoms with Crippen molar-refractivity contribution in [2.75, 3.05) is 33.2 Å². The molecule has 1 atom stereocenters. The van der Waals surface area contributed by atoms with Gasteiger partial charge in [-0.25, -0.2) is 0 Å². The number of hydrogen-bond acceptors (Lipinski definition) is 2. The standard InChI is InChI=1S/C11H24N2/c1-10(2)8-13(3)9-11-5-4-6-12-7-11/h10-12H,4-9H2,1-3H3. The first-order chi connectivity index (χ1) is 6.18. The van der Waals surface area contributed by atoms with Crippen LogP contribution in [0.15, 0.2) is 0 Å². The smallest absolute Gasteiger partial charge is 0.00189 e. The molecule has 78 valence electrons. The van der Waals surface area contributed by atoms with Crippen molar-refractivity contribution in [2.45, 2.75) is 26.7 Å². The van der Waals surface area contributed by atoms with Gasteiger partial charge in [0.05, 0.1) is 0 Å². The van der Waals surface area contributed by atoms with Crippen molar-refractivity contribution in [3.63, 3.8) is 0 Å². The molecule has 0 saturated carbocycles. The van der Waals surface area contributed by atoms with Crippen LogP contribution < -0.4 is 5.32 Å². The number of hydrogen-bond donors (Lipinski definition) is 1. The van der Waals surface area contributed by atoms with E-state index >= 15 is 0 Å². The van der Waals surface area contributed by atoms with Crippen molar-refractivity contribution in [3.05, 3.63) is 0 Å². The maximum atomic E-state index is 3.47. The minimum atomic E-state index is 0.793. The number of rotatable bonds is 4. The molecule has 0 aliphatic carbocycles. The first-order valence-electron chi connectivity index (χ1n) is 5.57. The van der Waals surface area contributed by atoms with Crippen LogP contribution in [0.5, 0.6) is 0 Å². The Hall–Kier alpha value is -0.0800. The summed E-state index contributed by atoms with van der Waals surface area (Å²) < 4.78 is 0. The Kier molecular flexibility index (Phi) is 4.74. The van der Waals surface area contributed by atoms with Gasteiger partial charge in [-0.2, -0.15) is 0 Å².